The van der Waals surface area contributed by atoms with Crippen molar-refractivity contribution in [1.29, 1.82) is 0 Å². The number of amides is 3. The van der Waals surface area contributed by atoms with Gasteiger partial charge in [0.25, 0.3) is 5.91 Å². The van der Waals surface area contributed by atoms with E-state index in [1.807, 2.05) is 0 Å². The van der Waals surface area contributed by atoms with Crippen LogP contribution in [0.4, 0.5) is 0 Å². The Bertz CT molecular complexity index is 645. The van der Waals surface area contributed by atoms with Crippen molar-refractivity contribution in [3.63, 3.8) is 0 Å². The quantitative estimate of drug-likeness (QED) is 0.473. The van der Waals surface area contributed by atoms with E-state index in [9.17, 15) is 14.4 Å². The molecule has 7 heteroatoms. The first-order valence-electron chi connectivity index (χ1n) is 6.40. The molecule has 0 aliphatic carbocycles. The fraction of sp³-hybridized carbons (Fsp3) is 0.286. The number of nitrogens with one attached hydrogen (secondary N) is 2. The predicted molar refractivity (Wildman–Crippen MR) is 73.8 cm³/mol. The zero-order valence-corrected chi connectivity index (χ0v) is 11.2. The minimum absolute atomic E-state index is 0.156. The highest BCUT2D eigenvalue weighted by molar-refractivity contribution is 6.03. The third kappa shape index (κ3) is 3.87. The lowest BCUT2D eigenvalue weighted by atomic mass is 10.1. The molecule has 0 radical (unpaired) electrons. The molecule has 0 spiro atoms. The number of piperidine rings is 1. The Morgan fingerprint density at radius 3 is 3.00 bits per heavy atom. The van der Waals surface area contributed by atoms with Crippen molar-refractivity contribution in [2.75, 3.05) is 6.54 Å². The molecule has 1 fully saturated rings. The van der Waals surface area contributed by atoms with Crippen molar-refractivity contribution in [1.82, 2.24) is 15.6 Å². The molecule has 0 aromatic carbocycles. The summed E-state index contributed by atoms with van der Waals surface area (Å²) in [5.74, 6) is 4.06. The zero-order chi connectivity index (χ0) is 15.2. The van der Waals surface area contributed by atoms with Gasteiger partial charge < -0.3 is 11.1 Å². The van der Waals surface area contributed by atoms with Gasteiger partial charge in [-0.05, 0) is 24.5 Å². The summed E-state index contributed by atoms with van der Waals surface area (Å²) >= 11 is 0. The Labute approximate surface area is 121 Å². The molecule has 1 saturated heterocycles. The van der Waals surface area contributed by atoms with E-state index in [4.69, 9.17) is 5.73 Å². The average Bonchev–Trinajstić information content (AvgIpc) is 2.48. The molecule has 4 N–H and O–H groups in total. The predicted octanol–water partition coefficient (Wildman–Crippen LogP) is -1.07. The molecule has 0 bridgehead atoms. The molecule has 2 heterocycles. The van der Waals surface area contributed by atoms with E-state index in [1.165, 1.54) is 6.07 Å². The molecule has 7 nitrogen and oxygen atoms in total. The molecule has 0 saturated carbocycles. The Morgan fingerprint density at radius 2 is 2.29 bits per heavy atom. The largest absolute Gasteiger partial charge is 0.339 e. The Kier molecular flexibility index (Phi) is 4.64. The number of hydrogen-bond donors (Lipinski definition) is 3. The highest BCUT2D eigenvalue weighted by atomic mass is 16.2. The minimum atomic E-state index is -0.726. The number of imide groups is 1. The summed E-state index contributed by atoms with van der Waals surface area (Å²) in [6, 6.07) is 4.10. The maximum Gasteiger partial charge on any atom is 0.270 e. The normalized spacial score (nSPS) is 17.5. The molecule has 1 unspecified atom stereocenters. The number of aromatic nitrogens is 1. The second-order valence-corrected chi connectivity index (χ2v) is 4.39. The third-order valence-corrected chi connectivity index (χ3v) is 2.84. The summed E-state index contributed by atoms with van der Waals surface area (Å²) in [4.78, 5) is 38.7. The van der Waals surface area contributed by atoms with Gasteiger partial charge in [0, 0.05) is 6.42 Å². The average molecular weight is 286 g/mol. The van der Waals surface area contributed by atoms with Crippen LogP contribution in [0.15, 0.2) is 18.2 Å². The van der Waals surface area contributed by atoms with Crippen molar-refractivity contribution in [3.05, 3.63) is 29.6 Å². The summed E-state index contributed by atoms with van der Waals surface area (Å²) in [7, 11) is 0. The molecule has 1 aromatic rings. The van der Waals surface area contributed by atoms with E-state index in [0.717, 1.165) is 0 Å². The molecule has 1 aromatic heterocycles. The lowest BCUT2D eigenvalue weighted by Gasteiger charge is -2.21. The van der Waals surface area contributed by atoms with Crippen LogP contribution >= 0.6 is 0 Å². The van der Waals surface area contributed by atoms with Gasteiger partial charge in [0.15, 0.2) is 0 Å². The van der Waals surface area contributed by atoms with Crippen molar-refractivity contribution in [2.24, 2.45) is 5.73 Å². The van der Waals surface area contributed by atoms with Crippen molar-refractivity contribution >= 4 is 17.7 Å². The summed E-state index contributed by atoms with van der Waals surface area (Å²) in [5, 5.41) is 4.73. The van der Waals surface area contributed by atoms with Crippen LogP contribution < -0.4 is 16.4 Å². The lowest BCUT2D eigenvalue weighted by Crippen LogP contribution is -2.52. The molecular weight excluding hydrogens is 272 g/mol. The van der Waals surface area contributed by atoms with Gasteiger partial charge in [-0.15, -0.1) is 0 Å². The monoisotopic (exact) mass is 286 g/mol. The standard InChI is InChI=1S/C14H14N4O3/c15-8-2-4-9-3-1-5-10(16-9)13(20)17-11-6-7-12(19)18-14(11)21/h1,3,5,11H,6-8,15H2,(H,17,20)(H,18,19,21). The fourth-order valence-electron chi connectivity index (χ4n) is 1.84. The van der Waals surface area contributed by atoms with Crippen molar-refractivity contribution in [3.8, 4) is 11.8 Å². The fourth-order valence-corrected chi connectivity index (χ4v) is 1.84. The summed E-state index contributed by atoms with van der Waals surface area (Å²) in [5.41, 5.74) is 5.86. The maximum absolute atomic E-state index is 12.1. The Morgan fingerprint density at radius 1 is 1.48 bits per heavy atom. The molecule has 3 amide bonds. The smallest absolute Gasteiger partial charge is 0.270 e. The molecule has 1 atom stereocenters. The van der Waals surface area contributed by atoms with Crippen LogP contribution in [0.5, 0.6) is 0 Å². The van der Waals surface area contributed by atoms with Crippen LogP contribution in [-0.2, 0) is 9.59 Å². The van der Waals surface area contributed by atoms with E-state index in [2.05, 4.69) is 27.5 Å². The van der Waals surface area contributed by atoms with Crippen molar-refractivity contribution < 1.29 is 14.4 Å². The van der Waals surface area contributed by atoms with Gasteiger partial charge in [0.1, 0.15) is 17.4 Å². The number of carbonyl (C=O) groups excluding carboxylic acids is 3. The van der Waals surface area contributed by atoms with Crippen LogP contribution in [0.2, 0.25) is 0 Å². The van der Waals surface area contributed by atoms with Gasteiger partial charge in [-0.25, -0.2) is 4.98 Å². The van der Waals surface area contributed by atoms with Crippen LogP contribution in [-0.4, -0.2) is 35.3 Å². The van der Waals surface area contributed by atoms with E-state index in [-0.39, 0.29) is 31.0 Å². The zero-order valence-electron chi connectivity index (χ0n) is 11.2. The lowest BCUT2D eigenvalue weighted by molar-refractivity contribution is -0.134. The Hall–Kier alpha value is -2.72. The second kappa shape index (κ2) is 6.63. The second-order valence-electron chi connectivity index (χ2n) is 4.39. The number of pyridine rings is 1. The highest BCUT2D eigenvalue weighted by Crippen LogP contribution is 2.06. The number of rotatable bonds is 2. The molecule has 1 aliphatic rings. The van der Waals surface area contributed by atoms with E-state index in [0.29, 0.717) is 5.69 Å². The number of carbonyl (C=O) groups is 3. The number of nitrogens with two attached hydrogens (primary N) is 1. The van der Waals surface area contributed by atoms with Gasteiger partial charge in [0.2, 0.25) is 11.8 Å². The summed E-state index contributed by atoms with van der Waals surface area (Å²) in [6.07, 6.45) is 0.481. The van der Waals surface area contributed by atoms with E-state index < -0.39 is 17.9 Å². The summed E-state index contributed by atoms with van der Waals surface area (Å²) < 4.78 is 0. The van der Waals surface area contributed by atoms with E-state index in [1.54, 1.807) is 12.1 Å². The van der Waals surface area contributed by atoms with Crippen LogP contribution in [0.25, 0.3) is 0 Å². The van der Waals surface area contributed by atoms with E-state index >= 15 is 0 Å². The first-order valence-corrected chi connectivity index (χ1v) is 6.40. The Balaban J connectivity index is 2.06. The number of nitrogens with zero attached hydrogens (tertiary/aromatic N) is 1. The molecular formula is C14H14N4O3. The van der Waals surface area contributed by atoms with Crippen LogP contribution in [0.3, 0.4) is 0 Å². The first kappa shape index (κ1) is 14.7. The highest BCUT2D eigenvalue weighted by Gasteiger charge is 2.28. The van der Waals surface area contributed by atoms with Gasteiger partial charge in [-0.3, -0.25) is 19.7 Å². The van der Waals surface area contributed by atoms with Gasteiger partial charge >= 0.3 is 0 Å². The van der Waals surface area contributed by atoms with Gasteiger partial charge in [-0.2, -0.15) is 0 Å². The molecule has 2 rings (SSSR count). The molecule has 21 heavy (non-hydrogen) atoms. The van der Waals surface area contributed by atoms with Crippen LogP contribution in [0.1, 0.15) is 29.0 Å². The molecule has 1 aliphatic heterocycles. The number of hydrogen-bond acceptors (Lipinski definition) is 5. The van der Waals surface area contributed by atoms with Crippen molar-refractivity contribution in [2.45, 2.75) is 18.9 Å². The first-order chi connectivity index (χ1) is 10.1. The SMILES string of the molecule is NCC#Cc1cccc(C(=O)NC2CCC(=O)NC2=O)n1. The topological polar surface area (TPSA) is 114 Å². The van der Waals surface area contributed by atoms with Gasteiger partial charge in [0.05, 0.1) is 6.54 Å². The third-order valence-electron chi connectivity index (χ3n) is 2.84. The minimum Gasteiger partial charge on any atom is -0.339 e. The maximum atomic E-state index is 12.1. The molecule has 108 valence electrons. The van der Waals surface area contributed by atoms with Crippen LogP contribution in [0, 0.1) is 11.8 Å². The van der Waals surface area contributed by atoms with Gasteiger partial charge in [-0.1, -0.05) is 12.0 Å². The summed E-state index contributed by atoms with van der Waals surface area (Å²) in [6.45, 7) is 0.203.